The van der Waals surface area contributed by atoms with Crippen LogP contribution in [0.1, 0.15) is 25.3 Å². The number of aromatic hydroxyl groups is 2. The van der Waals surface area contributed by atoms with Gasteiger partial charge in [-0.15, -0.1) is 0 Å². The van der Waals surface area contributed by atoms with Crippen LogP contribution in [0.4, 0.5) is 0 Å². The normalized spacial score (nSPS) is 25.6. The zero-order chi connectivity index (χ0) is 17.7. The first kappa shape index (κ1) is 18.2. The third kappa shape index (κ3) is 4.01. The topological polar surface area (TPSA) is 93.1 Å². The van der Waals surface area contributed by atoms with Gasteiger partial charge < -0.3 is 24.5 Å². The van der Waals surface area contributed by atoms with Crippen LogP contribution in [0.2, 0.25) is 0 Å². The molecular formula is C18H22O6. The molecule has 0 unspecified atom stereocenters. The molecule has 0 saturated carbocycles. The van der Waals surface area contributed by atoms with Gasteiger partial charge in [-0.3, -0.25) is 4.79 Å². The zero-order valence-electron chi connectivity index (χ0n) is 13.8. The summed E-state index contributed by atoms with van der Waals surface area (Å²) in [6.45, 7) is 1.78. The Labute approximate surface area is 140 Å². The summed E-state index contributed by atoms with van der Waals surface area (Å²) in [5.74, 6) is -0.828. The van der Waals surface area contributed by atoms with Gasteiger partial charge in [0, 0.05) is 25.9 Å². The number of ether oxygens (including phenoxy) is 2. The first-order chi connectivity index (χ1) is 11.5. The number of phenols is 2. The molecule has 6 nitrogen and oxygen atoms in total. The Morgan fingerprint density at radius 2 is 2.12 bits per heavy atom. The van der Waals surface area contributed by atoms with E-state index >= 15 is 0 Å². The zero-order valence-corrected chi connectivity index (χ0v) is 13.8. The Balaban J connectivity index is 2.08. The number of carbonyl (C=O) groups excluding carboxylic acids is 2. The first-order valence-corrected chi connectivity index (χ1v) is 7.83. The minimum absolute atomic E-state index is 0.00661. The second kappa shape index (κ2) is 8.08. The highest BCUT2D eigenvalue weighted by molar-refractivity contribution is 5.85. The van der Waals surface area contributed by atoms with Gasteiger partial charge in [0.05, 0.1) is 0 Å². The van der Waals surface area contributed by atoms with Crippen LogP contribution in [0.15, 0.2) is 29.8 Å². The van der Waals surface area contributed by atoms with Crippen LogP contribution >= 0.6 is 0 Å². The average Bonchev–Trinajstić information content (AvgIpc) is 2.60. The Morgan fingerprint density at radius 3 is 2.71 bits per heavy atom. The van der Waals surface area contributed by atoms with Crippen LogP contribution in [0.3, 0.4) is 0 Å². The Bertz CT molecular complexity index is 636. The highest BCUT2D eigenvalue weighted by atomic mass is 16.7. The molecule has 0 bridgehead atoms. The van der Waals surface area contributed by atoms with Gasteiger partial charge in [-0.1, -0.05) is 12.1 Å². The third-order valence-electron chi connectivity index (χ3n) is 4.27. The Hall–Kier alpha value is -2.18. The van der Waals surface area contributed by atoms with E-state index in [0.717, 1.165) is 5.56 Å². The molecular weight excluding hydrogens is 312 g/mol. The molecule has 2 N–H and O–H groups in total. The van der Waals surface area contributed by atoms with E-state index in [4.69, 9.17) is 9.47 Å². The standard InChI is InChI=1S/C18H22O6/c1-3-12-13(9-18(23-2)24-17(12)10-19)14(20)6-4-11-5-7-15(21)16(22)8-11/h3,5,7-8,10,13,17-18,21-22H,4,6,9H2,1-2H3/b12-3-/t13-,17+,18-/m0/s1. The number of methoxy groups -OCH3 is 1. The average molecular weight is 334 g/mol. The fourth-order valence-electron chi connectivity index (χ4n) is 2.94. The third-order valence-corrected chi connectivity index (χ3v) is 4.27. The molecule has 1 aromatic rings. The van der Waals surface area contributed by atoms with Crippen molar-refractivity contribution in [3.05, 3.63) is 35.4 Å². The maximum Gasteiger partial charge on any atom is 0.159 e. The molecule has 0 amide bonds. The molecule has 6 heteroatoms. The maximum absolute atomic E-state index is 12.6. The van der Waals surface area contributed by atoms with E-state index in [-0.39, 0.29) is 23.7 Å². The molecule has 0 radical (unpaired) electrons. The molecule has 1 saturated heterocycles. The second-order valence-corrected chi connectivity index (χ2v) is 5.72. The predicted molar refractivity (Wildman–Crippen MR) is 86.7 cm³/mol. The summed E-state index contributed by atoms with van der Waals surface area (Å²) in [6, 6.07) is 4.49. The molecule has 2 rings (SSSR count). The van der Waals surface area contributed by atoms with Crippen molar-refractivity contribution in [1.29, 1.82) is 0 Å². The van der Waals surface area contributed by atoms with E-state index in [9.17, 15) is 19.8 Å². The quantitative estimate of drug-likeness (QED) is 0.470. The van der Waals surface area contributed by atoms with Crippen molar-refractivity contribution in [1.82, 2.24) is 0 Å². The molecule has 24 heavy (non-hydrogen) atoms. The molecule has 1 heterocycles. The van der Waals surface area contributed by atoms with Gasteiger partial charge in [-0.2, -0.15) is 0 Å². The largest absolute Gasteiger partial charge is 0.504 e. The van der Waals surface area contributed by atoms with Crippen molar-refractivity contribution >= 4 is 12.1 Å². The monoisotopic (exact) mass is 334 g/mol. The fraction of sp³-hybridized carbons (Fsp3) is 0.444. The maximum atomic E-state index is 12.6. The molecule has 130 valence electrons. The van der Waals surface area contributed by atoms with Crippen LogP contribution in [0.5, 0.6) is 11.5 Å². The number of rotatable bonds is 6. The minimum atomic E-state index is -0.764. The Morgan fingerprint density at radius 1 is 1.38 bits per heavy atom. The van der Waals surface area contributed by atoms with E-state index in [2.05, 4.69) is 0 Å². The first-order valence-electron chi connectivity index (χ1n) is 7.83. The van der Waals surface area contributed by atoms with Crippen molar-refractivity contribution in [2.45, 2.75) is 38.6 Å². The lowest BCUT2D eigenvalue weighted by molar-refractivity contribution is -0.176. The summed E-state index contributed by atoms with van der Waals surface area (Å²) in [7, 11) is 1.48. The minimum Gasteiger partial charge on any atom is -0.504 e. The number of allylic oxidation sites excluding steroid dienone is 1. The summed E-state index contributed by atoms with van der Waals surface area (Å²) in [5.41, 5.74) is 1.42. The van der Waals surface area contributed by atoms with Gasteiger partial charge >= 0.3 is 0 Å². The highest BCUT2D eigenvalue weighted by Gasteiger charge is 2.37. The number of hydrogen-bond acceptors (Lipinski definition) is 6. The van der Waals surface area contributed by atoms with E-state index < -0.39 is 18.3 Å². The van der Waals surface area contributed by atoms with Gasteiger partial charge in [0.25, 0.3) is 0 Å². The van der Waals surface area contributed by atoms with Crippen molar-refractivity contribution in [2.75, 3.05) is 7.11 Å². The fourth-order valence-corrected chi connectivity index (χ4v) is 2.94. The van der Waals surface area contributed by atoms with Gasteiger partial charge in [0.1, 0.15) is 11.9 Å². The molecule has 1 aliphatic rings. The smallest absolute Gasteiger partial charge is 0.159 e. The van der Waals surface area contributed by atoms with E-state index in [1.54, 1.807) is 19.1 Å². The lowest BCUT2D eigenvalue weighted by atomic mass is 9.83. The summed E-state index contributed by atoms with van der Waals surface area (Å²) >= 11 is 0. The lowest BCUT2D eigenvalue weighted by Gasteiger charge is -2.34. The number of Topliss-reactive ketones (excluding diaryl/α,β-unsaturated/α-hetero) is 1. The van der Waals surface area contributed by atoms with Gasteiger partial charge in [-0.25, -0.2) is 0 Å². The lowest BCUT2D eigenvalue weighted by Crippen LogP contribution is -2.40. The Kier molecular flexibility index (Phi) is 6.11. The highest BCUT2D eigenvalue weighted by Crippen LogP contribution is 2.32. The van der Waals surface area contributed by atoms with Crippen LogP contribution in [0.25, 0.3) is 0 Å². The summed E-state index contributed by atoms with van der Waals surface area (Å²) < 4.78 is 10.7. The van der Waals surface area contributed by atoms with Crippen molar-refractivity contribution in [3.63, 3.8) is 0 Å². The number of aryl methyl sites for hydroxylation is 1. The SMILES string of the molecule is C/C=C1/[C@@H](C(=O)CCc2ccc(O)c(O)c2)C[C@@H](OC)O[C@@H]1C=O. The summed E-state index contributed by atoms with van der Waals surface area (Å²) in [5, 5.41) is 18.8. The molecule has 0 aliphatic carbocycles. The van der Waals surface area contributed by atoms with Crippen LogP contribution in [-0.2, 0) is 25.5 Å². The molecule has 0 aromatic heterocycles. The van der Waals surface area contributed by atoms with Crippen molar-refractivity contribution in [2.24, 2.45) is 5.92 Å². The second-order valence-electron chi connectivity index (χ2n) is 5.72. The molecule has 1 fully saturated rings. The number of carbonyl (C=O) groups is 2. The number of ketones is 1. The predicted octanol–water partition coefficient (Wildman–Crippen LogP) is 2.12. The van der Waals surface area contributed by atoms with Crippen LogP contribution in [0, 0.1) is 5.92 Å². The van der Waals surface area contributed by atoms with E-state index in [1.165, 1.54) is 19.2 Å². The van der Waals surface area contributed by atoms with Crippen molar-refractivity contribution < 1.29 is 29.3 Å². The van der Waals surface area contributed by atoms with Gasteiger partial charge in [-0.05, 0) is 36.6 Å². The van der Waals surface area contributed by atoms with Gasteiger partial charge in [0.15, 0.2) is 24.1 Å². The number of aldehydes is 1. The van der Waals surface area contributed by atoms with E-state index in [1.807, 2.05) is 0 Å². The molecule has 3 atom stereocenters. The van der Waals surface area contributed by atoms with Gasteiger partial charge in [0.2, 0.25) is 0 Å². The molecule has 0 spiro atoms. The number of phenolic OH excluding ortho intramolecular Hbond substituents is 2. The number of hydrogen-bond donors (Lipinski definition) is 2. The van der Waals surface area contributed by atoms with Crippen LogP contribution < -0.4 is 0 Å². The van der Waals surface area contributed by atoms with Crippen LogP contribution in [-0.4, -0.2) is 41.8 Å². The molecule has 1 aliphatic heterocycles. The molecule has 1 aromatic carbocycles. The number of benzene rings is 1. The van der Waals surface area contributed by atoms with E-state index in [0.29, 0.717) is 24.7 Å². The summed E-state index contributed by atoms with van der Waals surface area (Å²) in [6.07, 6.45) is 2.15. The van der Waals surface area contributed by atoms with Crippen molar-refractivity contribution in [3.8, 4) is 11.5 Å². The summed E-state index contributed by atoms with van der Waals surface area (Å²) in [4.78, 5) is 23.9.